The first kappa shape index (κ1) is 15.9. The zero-order valence-electron chi connectivity index (χ0n) is 11.2. The Morgan fingerprint density at radius 2 is 1.71 bits per heavy atom. The van der Waals surface area contributed by atoms with E-state index in [0.717, 1.165) is 12.8 Å². The third-order valence-electron chi connectivity index (χ3n) is 3.34. The Balaban J connectivity index is 2.48. The van der Waals surface area contributed by atoms with E-state index in [4.69, 9.17) is 0 Å². The molecule has 1 nitrogen and oxygen atoms in total. The second kappa shape index (κ2) is 5.35. The third kappa shape index (κ3) is 3.39. The number of aliphatic imine (C=N–C) groups is 1. The second-order valence-electron chi connectivity index (χ2n) is 4.98. The van der Waals surface area contributed by atoms with Gasteiger partial charge in [-0.05, 0) is 30.5 Å². The van der Waals surface area contributed by atoms with E-state index in [9.17, 15) is 26.3 Å². The molecule has 0 spiro atoms. The van der Waals surface area contributed by atoms with Crippen molar-refractivity contribution in [2.75, 3.05) is 0 Å². The maximum atomic E-state index is 13.0. The lowest BCUT2D eigenvalue weighted by Crippen LogP contribution is -2.13. The summed E-state index contributed by atoms with van der Waals surface area (Å²) in [5.41, 5.74) is -2.39. The fourth-order valence-electron chi connectivity index (χ4n) is 2.30. The average Bonchev–Trinajstić information content (AvgIpc) is 2.75. The molecule has 0 aromatic heterocycles. The van der Waals surface area contributed by atoms with Crippen molar-refractivity contribution < 1.29 is 26.3 Å². The zero-order valence-corrected chi connectivity index (χ0v) is 11.2. The van der Waals surface area contributed by atoms with Crippen LogP contribution in [0.15, 0.2) is 17.1 Å². The largest absolute Gasteiger partial charge is 0.416 e. The minimum absolute atomic E-state index is 0.0255. The van der Waals surface area contributed by atoms with Crippen LogP contribution in [-0.2, 0) is 18.8 Å². The summed E-state index contributed by atoms with van der Waals surface area (Å²) in [6.45, 7) is 1.92. The molecule has 0 aliphatic carbocycles. The summed E-state index contributed by atoms with van der Waals surface area (Å²) in [6, 6.07) is 0.876. The van der Waals surface area contributed by atoms with Crippen LogP contribution in [0.25, 0.3) is 0 Å². The molecule has 2 rings (SSSR count). The van der Waals surface area contributed by atoms with Gasteiger partial charge in [0.05, 0.1) is 16.8 Å². The molecule has 0 atom stereocenters. The van der Waals surface area contributed by atoms with Crippen LogP contribution in [0.5, 0.6) is 0 Å². The number of benzene rings is 1. The molecule has 116 valence electrons. The lowest BCUT2D eigenvalue weighted by atomic mass is 9.98. The Morgan fingerprint density at radius 1 is 1.05 bits per heavy atom. The van der Waals surface area contributed by atoms with Crippen molar-refractivity contribution in [1.29, 1.82) is 0 Å². The number of alkyl halides is 6. The van der Waals surface area contributed by atoms with Crippen LogP contribution < -0.4 is 0 Å². The van der Waals surface area contributed by atoms with Crippen LogP contribution in [0.3, 0.4) is 0 Å². The monoisotopic (exact) mass is 309 g/mol. The van der Waals surface area contributed by atoms with Gasteiger partial charge in [-0.1, -0.05) is 13.3 Å². The SMILES string of the molecule is CCCCC1=Nc2cc(C(F)(F)F)cc(C(F)(F)F)c2C1. The number of unbranched alkanes of at least 4 members (excludes halogenated alkanes) is 1. The van der Waals surface area contributed by atoms with Gasteiger partial charge in [0, 0.05) is 12.1 Å². The van der Waals surface area contributed by atoms with Crippen molar-refractivity contribution in [1.82, 2.24) is 0 Å². The van der Waals surface area contributed by atoms with Crippen LogP contribution in [0, 0.1) is 0 Å². The second-order valence-corrected chi connectivity index (χ2v) is 4.98. The highest BCUT2D eigenvalue weighted by Crippen LogP contribution is 2.43. The number of rotatable bonds is 3. The third-order valence-corrected chi connectivity index (χ3v) is 3.34. The van der Waals surface area contributed by atoms with Crippen LogP contribution in [0.1, 0.15) is 42.9 Å². The molecule has 0 fully saturated rings. The fourth-order valence-corrected chi connectivity index (χ4v) is 2.30. The summed E-state index contributed by atoms with van der Waals surface area (Å²) in [6.07, 6.45) is -7.57. The summed E-state index contributed by atoms with van der Waals surface area (Å²) in [7, 11) is 0. The number of halogens is 6. The Labute approximate surface area is 117 Å². The van der Waals surface area contributed by atoms with E-state index in [2.05, 4.69) is 4.99 Å². The van der Waals surface area contributed by atoms with Gasteiger partial charge in [-0.3, -0.25) is 4.99 Å². The van der Waals surface area contributed by atoms with Crippen molar-refractivity contribution in [3.8, 4) is 0 Å². The molecule has 0 unspecified atom stereocenters. The van der Waals surface area contributed by atoms with Crippen LogP contribution >= 0.6 is 0 Å². The lowest BCUT2D eigenvalue weighted by Gasteiger charge is -2.15. The van der Waals surface area contributed by atoms with E-state index in [-0.39, 0.29) is 23.7 Å². The molecule has 0 saturated heterocycles. The lowest BCUT2D eigenvalue weighted by molar-refractivity contribution is -0.143. The molecule has 1 heterocycles. The van der Waals surface area contributed by atoms with Crippen molar-refractivity contribution >= 4 is 11.4 Å². The van der Waals surface area contributed by atoms with Gasteiger partial charge in [0.25, 0.3) is 0 Å². The van der Waals surface area contributed by atoms with E-state index in [1.165, 1.54) is 0 Å². The van der Waals surface area contributed by atoms with Crippen LogP contribution in [0.4, 0.5) is 32.0 Å². The molecular formula is C14H13F6N. The molecule has 0 radical (unpaired) electrons. The van der Waals surface area contributed by atoms with E-state index in [1.807, 2.05) is 6.92 Å². The van der Waals surface area contributed by atoms with Crippen molar-refractivity contribution in [3.63, 3.8) is 0 Å². The molecular weight excluding hydrogens is 296 g/mol. The van der Waals surface area contributed by atoms with Crippen molar-refractivity contribution in [2.24, 2.45) is 4.99 Å². The molecule has 1 aliphatic heterocycles. The first-order valence-electron chi connectivity index (χ1n) is 6.50. The first-order chi connectivity index (χ1) is 9.63. The Hall–Kier alpha value is -1.53. The predicted octanol–water partition coefficient (Wildman–Crippen LogP) is 5.54. The van der Waals surface area contributed by atoms with Gasteiger partial charge >= 0.3 is 12.4 Å². The highest BCUT2D eigenvalue weighted by atomic mass is 19.4. The van der Waals surface area contributed by atoms with Gasteiger partial charge in [0.1, 0.15) is 0 Å². The van der Waals surface area contributed by atoms with E-state index >= 15 is 0 Å². The number of hydrogen-bond donors (Lipinski definition) is 0. The molecule has 1 aromatic carbocycles. The minimum Gasteiger partial charge on any atom is -0.257 e. The van der Waals surface area contributed by atoms with Crippen molar-refractivity contribution in [3.05, 3.63) is 28.8 Å². The molecule has 1 aromatic rings. The van der Waals surface area contributed by atoms with Gasteiger partial charge in [0.15, 0.2) is 0 Å². The summed E-state index contributed by atoms with van der Waals surface area (Å²) < 4.78 is 77.0. The van der Waals surface area contributed by atoms with Crippen LogP contribution in [0.2, 0.25) is 0 Å². The quantitative estimate of drug-likeness (QED) is 0.650. The molecule has 0 N–H and O–H groups in total. The van der Waals surface area contributed by atoms with E-state index in [1.54, 1.807) is 0 Å². The molecule has 0 bridgehead atoms. The Kier molecular flexibility index (Phi) is 4.04. The van der Waals surface area contributed by atoms with Gasteiger partial charge in [-0.15, -0.1) is 0 Å². The van der Waals surface area contributed by atoms with Crippen molar-refractivity contribution in [2.45, 2.75) is 45.0 Å². The van der Waals surface area contributed by atoms with Crippen LogP contribution in [-0.4, -0.2) is 5.71 Å². The zero-order chi connectivity index (χ0) is 15.8. The molecule has 7 heteroatoms. The summed E-state index contributed by atoms with van der Waals surface area (Å²) in [5.74, 6) is 0. The Morgan fingerprint density at radius 3 is 2.24 bits per heavy atom. The van der Waals surface area contributed by atoms with Gasteiger partial charge in [0.2, 0.25) is 0 Å². The standard InChI is InChI=1S/C14H13F6N/c1-2-3-4-9-7-10-11(14(18,19)20)5-8(13(15,16)17)6-12(10)21-9/h5-6H,2-4,7H2,1H3. The van der Waals surface area contributed by atoms with Gasteiger partial charge in [-0.2, -0.15) is 26.3 Å². The highest BCUT2D eigenvalue weighted by Gasteiger charge is 2.40. The summed E-state index contributed by atoms with van der Waals surface area (Å²) in [4.78, 5) is 3.95. The summed E-state index contributed by atoms with van der Waals surface area (Å²) in [5, 5.41) is 0. The summed E-state index contributed by atoms with van der Waals surface area (Å²) >= 11 is 0. The number of fused-ring (bicyclic) bond motifs is 1. The van der Waals surface area contributed by atoms with Gasteiger partial charge < -0.3 is 0 Å². The predicted molar refractivity (Wildman–Crippen MR) is 66.8 cm³/mol. The fraction of sp³-hybridized carbons (Fsp3) is 0.500. The van der Waals surface area contributed by atoms with Gasteiger partial charge in [-0.25, -0.2) is 0 Å². The average molecular weight is 309 g/mol. The van der Waals surface area contributed by atoms with E-state index < -0.39 is 23.5 Å². The first-order valence-corrected chi connectivity index (χ1v) is 6.50. The number of nitrogens with zero attached hydrogens (tertiary/aromatic N) is 1. The maximum Gasteiger partial charge on any atom is 0.416 e. The minimum atomic E-state index is -4.82. The smallest absolute Gasteiger partial charge is 0.257 e. The molecule has 0 saturated carbocycles. The number of hydrogen-bond acceptors (Lipinski definition) is 1. The topological polar surface area (TPSA) is 12.4 Å². The van der Waals surface area contributed by atoms with E-state index in [0.29, 0.717) is 18.2 Å². The molecule has 0 amide bonds. The molecule has 1 aliphatic rings. The molecule has 21 heavy (non-hydrogen) atoms. The highest BCUT2D eigenvalue weighted by molar-refractivity contribution is 5.94. The Bertz CT molecular complexity index is 568. The normalized spacial score (nSPS) is 15.1. The maximum absolute atomic E-state index is 13.0.